The van der Waals surface area contributed by atoms with Crippen molar-refractivity contribution in [1.29, 1.82) is 0 Å². The lowest BCUT2D eigenvalue weighted by Crippen LogP contribution is -2.27. The van der Waals surface area contributed by atoms with E-state index in [0.717, 1.165) is 5.57 Å². The summed E-state index contributed by atoms with van der Waals surface area (Å²) in [5, 5.41) is 12.1. The van der Waals surface area contributed by atoms with Gasteiger partial charge in [0.2, 0.25) is 0 Å². The van der Waals surface area contributed by atoms with Crippen LogP contribution in [0.1, 0.15) is 13.3 Å². The molecule has 80 valence electrons. The Morgan fingerprint density at radius 3 is 2.60 bits per heavy atom. The molecule has 0 unspecified atom stereocenters. The van der Waals surface area contributed by atoms with E-state index in [0.29, 0.717) is 12.1 Å². The van der Waals surface area contributed by atoms with Crippen molar-refractivity contribution in [3.05, 3.63) is 42.5 Å². The number of nitrogens with one attached hydrogen (secondary N) is 1. The second kappa shape index (κ2) is 5.32. The van der Waals surface area contributed by atoms with Crippen LogP contribution in [0.2, 0.25) is 0 Å². The Bertz CT molecular complexity index is 346. The number of aliphatic hydroxyl groups excluding tert-OH is 1. The summed E-state index contributed by atoms with van der Waals surface area (Å²) in [5.74, 6) is -0.399. The van der Waals surface area contributed by atoms with Gasteiger partial charge >= 0.3 is 0 Å². The van der Waals surface area contributed by atoms with Crippen molar-refractivity contribution < 1.29 is 9.90 Å². The molecule has 0 aliphatic carbocycles. The van der Waals surface area contributed by atoms with Crippen LogP contribution in [0.4, 0.5) is 5.69 Å². The summed E-state index contributed by atoms with van der Waals surface area (Å²) < 4.78 is 0. The van der Waals surface area contributed by atoms with Crippen molar-refractivity contribution in [3.8, 4) is 0 Å². The van der Waals surface area contributed by atoms with Crippen LogP contribution in [0.5, 0.6) is 0 Å². The minimum absolute atomic E-state index is 0.290. The van der Waals surface area contributed by atoms with Crippen LogP contribution in [0.3, 0.4) is 0 Å². The maximum absolute atomic E-state index is 11.4. The molecule has 3 heteroatoms. The highest BCUT2D eigenvalue weighted by Gasteiger charge is 2.14. The van der Waals surface area contributed by atoms with Gasteiger partial charge in [-0.1, -0.05) is 23.8 Å². The Morgan fingerprint density at radius 2 is 2.07 bits per heavy atom. The molecular formula is C12H15NO2. The molecule has 0 bridgehead atoms. The number of amides is 1. The molecule has 2 N–H and O–H groups in total. The van der Waals surface area contributed by atoms with Crippen LogP contribution in [0.25, 0.3) is 0 Å². The molecule has 0 aromatic heterocycles. The largest absolute Gasteiger partial charge is 0.383 e. The Hall–Kier alpha value is -1.61. The summed E-state index contributed by atoms with van der Waals surface area (Å²) in [4.78, 5) is 11.4. The summed E-state index contributed by atoms with van der Waals surface area (Å²) in [5.41, 5.74) is 1.47. The number of anilines is 1. The van der Waals surface area contributed by atoms with Crippen molar-refractivity contribution in [2.75, 3.05) is 5.32 Å². The van der Waals surface area contributed by atoms with Gasteiger partial charge in [0.05, 0.1) is 0 Å². The van der Waals surface area contributed by atoms with Gasteiger partial charge in [-0.15, -0.1) is 6.58 Å². The van der Waals surface area contributed by atoms with E-state index in [1.54, 1.807) is 19.1 Å². The van der Waals surface area contributed by atoms with E-state index in [-0.39, 0.29) is 0 Å². The minimum atomic E-state index is -1.03. The first-order chi connectivity index (χ1) is 7.09. The summed E-state index contributed by atoms with van der Waals surface area (Å²) in [6.45, 7) is 5.42. The van der Waals surface area contributed by atoms with Crippen molar-refractivity contribution in [3.63, 3.8) is 0 Å². The summed E-state index contributed by atoms with van der Waals surface area (Å²) in [6, 6.07) is 9.04. The molecule has 0 saturated carbocycles. The molecule has 1 aromatic carbocycles. The molecule has 0 saturated heterocycles. The summed E-state index contributed by atoms with van der Waals surface area (Å²) >= 11 is 0. The predicted octanol–water partition coefficient (Wildman–Crippen LogP) is 1.95. The van der Waals surface area contributed by atoms with Crippen LogP contribution in [-0.4, -0.2) is 17.1 Å². The average Bonchev–Trinajstić information content (AvgIpc) is 2.18. The third-order valence-electron chi connectivity index (χ3n) is 1.89. The standard InChI is InChI=1S/C12H15NO2/c1-9(2)8-11(14)12(15)13-10-6-4-3-5-7-10/h3-7,11,14H,1,8H2,2H3,(H,13,15)/t11-/m0/s1. The Balaban J connectivity index is 2.52. The van der Waals surface area contributed by atoms with Gasteiger partial charge in [-0.25, -0.2) is 0 Å². The average molecular weight is 205 g/mol. The number of hydrogen-bond acceptors (Lipinski definition) is 2. The third-order valence-corrected chi connectivity index (χ3v) is 1.89. The zero-order valence-electron chi connectivity index (χ0n) is 8.73. The molecule has 0 fully saturated rings. The van der Waals surface area contributed by atoms with E-state index in [2.05, 4.69) is 11.9 Å². The third kappa shape index (κ3) is 3.95. The molecule has 0 spiro atoms. The molecule has 3 nitrogen and oxygen atoms in total. The van der Waals surface area contributed by atoms with E-state index >= 15 is 0 Å². The SMILES string of the molecule is C=C(C)C[C@H](O)C(=O)Nc1ccccc1. The van der Waals surface area contributed by atoms with Gasteiger partial charge in [0.1, 0.15) is 6.10 Å². The Labute approximate surface area is 89.4 Å². The van der Waals surface area contributed by atoms with Crippen molar-refractivity contribution in [1.82, 2.24) is 0 Å². The van der Waals surface area contributed by atoms with Crippen LogP contribution < -0.4 is 5.32 Å². The first kappa shape index (κ1) is 11.5. The smallest absolute Gasteiger partial charge is 0.253 e. The highest BCUT2D eigenvalue weighted by Crippen LogP contribution is 2.08. The first-order valence-corrected chi connectivity index (χ1v) is 4.78. The van der Waals surface area contributed by atoms with Crippen LogP contribution >= 0.6 is 0 Å². The number of carbonyl (C=O) groups is 1. The molecule has 0 aliphatic rings. The summed E-state index contributed by atoms with van der Waals surface area (Å²) in [7, 11) is 0. The lowest BCUT2D eigenvalue weighted by Gasteiger charge is -2.10. The highest BCUT2D eigenvalue weighted by molar-refractivity contribution is 5.94. The number of carbonyl (C=O) groups excluding carboxylic acids is 1. The zero-order chi connectivity index (χ0) is 11.3. The molecule has 0 heterocycles. The number of aliphatic hydroxyl groups is 1. The van der Waals surface area contributed by atoms with E-state index < -0.39 is 12.0 Å². The zero-order valence-corrected chi connectivity index (χ0v) is 8.73. The van der Waals surface area contributed by atoms with Gasteiger partial charge in [0, 0.05) is 12.1 Å². The normalized spacial score (nSPS) is 11.9. The molecule has 0 radical (unpaired) electrons. The summed E-state index contributed by atoms with van der Waals surface area (Å²) in [6.07, 6.45) is -0.735. The lowest BCUT2D eigenvalue weighted by molar-refractivity contribution is -0.123. The van der Waals surface area contributed by atoms with Gasteiger partial charge in [-0.05, 0) is 19.1 Å². The number of hydrogen-bond donors (Lipinski definition) is 2. The van der Waals surface area contributed by atoms with Gasteiger partial charge in [0.15, 0.2) is 0 Å². The molecule has 1 atom stereocenters. The maximum atomic E-state index is 11.4. The second-order valence-electron chi connectivity index (χ2n) is 3.53. The van der Waals surface area contributed by atoms with Gasteiger partial charge in [-0.3, -0.25) is 4.79 Å². The van der Waals surface area contributed by atoms with Crippen molar-refractivity contribution >= 4 is 11.6 Å². The predicted molar refractivity (Wildman–Crippen MR) is 60.5 cm³/mol. The number of rotatable bonds is 4. The molecular weight excluding hydrogens is 190 g/mol. The minimum Gasteiger partial charge on any atom is -0.383 e. The van der Waals surface area contributed by atoms with Crippen LogP contribution in [0, 0.1) is 0 Å². The lowest BCUT2D eigenvalue weighted by atomic mass is 10.1. The topological polar surface area (TPSA) is 49.3 Å². The van der Waals surface area contributed by atoms with Crippen molar-refractivity contribution in [2.45, 2.75) is 19.4 Å². The van der Waals surface area contributed by atoms with Crippen LogP contribution in [0.15, 0.2) is 42.5 Å². The second-order valence-corrected chi connectivity index (χ2v) is 3.53. The van der Waals surface area contributed by atoms with E-state index in [9.17, 15) is 9.90 Å². The number of benzene rings is 1. The van der Waals surface area contributed by atoms with E-state index in [1.807, 2.05) is 18.2 Å². The monoisotopic (exact) mass is 205 g/mol. The molecule has 15 heavy (non-hydrogen) atoms. The molecule has 1 aromatic rings. The molecule has 1 rings (SSSR count). The van der Waals surface area contributed by atoms with Crippen LogP contribution in [-0.2, 0) is 4.79 Å². The van der Waals surface area contributed by atoms with Gasteiger partial charge in [-0.2, -0.15) is 0 Å². The fourth-order valence-electron chi connectivity index (χ4n) is 1.17. The molecule has 1 amide bonds. The Morgan fingerprint density at radius 1 is 1.47 bits per heavy atom. The molecule has 0 aliphatic heterocycles. The maximum Gasteiger partial charge on any atom is 0.253 e. The van der Waals surface area contributed by atoms with E-state index in [1.165, 1.54) is 0 Å². The van der Waals surface area contributed by atoms with E-state index in [4.69, 9.17) is 0 Å². The first-order valence-electron chi connectivity index (χ1n) is 4.78. The highest BCUT2D eigenvalue weighted by atomic mass is 16.3. The number of para-hydroxylation sites is 1. The Kier molecular flexibility index (Phi) is 4.06. The van der Waals surface area contributed by atoms with Gasteiger partial charge < -0.3 is 10.4 Å². The fraction of sp³-hybridized carbons (Fsp3) is 0.250. The van der Waals surface area contributed by atoms with Gasteiger partial charge in [0.25, 0.3) is 5.91 Å². The van der Waals surface area contributed by atoms with Crippen molar-refractivity contribution in [2.24, 2.45) is 0 Å². The quantitative estimate of drug-likeness (QED) is 0.738. The fourth-order valence-corrected chi connectivity index (χ4v) is 1.17.